The number of rotatable bonds is 2. The topological polar surface area (TPSA) is 80.0 Å². The Morgan fingerprint density at radius 1 is 1.60 bits per heavy atom. The fourth-order valence-electron chi connectivity index (χ4n) is 1.47. The molecule has 0 bridgehead atoms. The van der Waals surface area contributed by atoms with Gasteiger partial charge in [-0.15, -0.1) is 12.4 Å². The van der Waals surface area contributed by atoms with Crippen molar-refractivity contribution >= 4 is 18.3 Å². The molecule has 7 heteroatoms. The second-order valence-corrected chi connectivity index (χ2v) is 3.36. The van der Waals surface area contributed by atoms with Crippen LogP contribution in [-0.4, -0.2) is 35.4 Å². The van der Waals surface area contributed by atoms with Crippen LogP contribution in [-0.2, 0) is 0 Å². The molecule has 6 nitrogen and oxygen atoms in total. The molecule has 15 heavy (non-hydrogen) atoms. The molecule has 0 radical (unpaired) electrons. The number of hydrogen-bond acceptors (Lipinski definition) is 5. The standard InChI is InChI=1S/C8H12N4O2.ClH/c1-5-7(12-14-11-5)8(13)10-6-2-3-9-4-6;/h6,9H,2-4H2,1H3,(H,10,13);1H. The molecule has 1 aliphatic heterocycles. The van der Waals surface area contributed by atoms with Crippen molar-refractivity contribution in [3.63, 3.8) is 0 Å². The molecule has 1 saturated heterocycles. The third kappa shape index (κ3) is 2.66. The Labute approximate surface area is 93.2 Å². The molecule has 1 amide bonds. The molecule has 1 aromatic rings. The van der Waals surface area contributed by atoms with Gasteiger partial charge in [0.2, 0.25) is 0 Å². The second kappa shape index (κ2) is 5.09. The summed E-state index contributed by atoms with van der Waals surface area (Å²) in [5.41, 5.74) is 0.797. The van der Waals surface area contributed by atoms with Gasteiger partial charge in [0.25, 0.3) is 5.91 Å². The molecular weight excluding hydrogens is 220 g/mol. The normalized spacial score (nSPS) is 19.7. The molecule has 2 N–H and O–H groups in total. The number of aromatic nitrogens is 2. The van der Waals surface area contributed by atoms with Crippen LogP contribution in [0.1, 0.15) is 22.6 Å². The van der Waals surface area contributed by atoms with E-state index >= 15 is 0 Å². The molecule has 0 saturated carbocycles. The zero-order chi connectivity index (χ0) is 9.97. The minimum Gasteiger partial charge on any atom is -0.346 e. The van der Waals surface area contributed by atoms with E-state index in [-0.39, 0.29) is 30.0 Å². The van der Waals surface area contributed by atoms with Gasteiger partial charge >= 0.3 is 0 Å². The van der Waals surface area contributed by atoms with Crippen molar-refractivity contribution in [3.05, 3.63) is 11.4 Å². The van der Waals surface area contributed by atoms with E-state index in [1.165, 1.54) is 0 Å². The first-order chi connectivity index (χ1) is 6.77. The molecule has 0 aromatic carbocycles. The van der Waals surface area contributed by atoms with Crippen molar-refractivity contribution in [1.82, 2.24) is 20.9 Å². The molecule has 0 spiro atoms. The molecule has 2 rings (SSSR count). The summed E-state index contributed by atoms with van der Waals surface area (Å²) in [6.07, 6.45) is 0.954. The van der Waals surface area contributed by atoms with Gasteiger partial charge in [-0.05, 0) is 25.0 Å². The van der Waals surface area contributed by atoms with E-state index in [1.807, 2.05) is 0 Å². The van der Waals surface area contributed by atoms with Gasteiger partial charge in [0, 0.05) is 12.6 Å². The van der Waals surface area contributed by atoms with Crippen LogP contribution in [0.4, 0.5) is 0 Å². The van der Waals surface area contributed by atoms with E-state index in [0.717, 1.165) is 19.5 Å². The molecule has 1 aliphatic rings. The average Bonchev–Trinajstić information content (AvgIpc) is 2.75. The van der Waals surface area contributed by atoms with E-state index in [0.29, 0.717) is 5.69 Å². The van der Waals surface area contributed by atoms with Crippen molar-refractivity contribution in [3.8, 4) is 0 Å². The zero-order valence-corrected chi connectivity index (χ0v) is 9.13. The maximum Gasteiger partial charge on any atom is 0.275 e. The fraction of sp³-hybridized carbons (Fsp3) is 0.625. The van der Waals surface area contributed by atoms with Gasteiger partial charge < -0.3 is 10.6 Å². The van der Waals surface area contributed by atoms with Crippen molar-refractivity contribution in [2.45, 2.75) is 19.4 Å². The summed E-state index contributed by atoms with van der Waals surface area (Å²) in [6.45, 7) is 3.45. The summed E-state index contributed by atoms with van der Waals surface area (Å²) in [4.78, 5) is 11.6. The Morgan fingerprint density at radius 3 is 2.93 bits per heavy atom. The largest absolute Gasteiger partial charge is 0.346 e. The van der Waals surface area contributed by atoms with E-state index in [1.54, 1.807) is 6.92 Å². The lowest BCUT2D eigenvalue weighted by atomic mass is 10.2. The smallest absolute Gasteiger partial charge is 0.275 e. The molecule has 1 aromatic heterocycles. The number of amides is 1. The van der Waals surface area contributed by atoms with Crippen LogP contribution >= 0.6 is 12.4 Å². The summed E-state index contributed by atoms with van der Waals surface area (Å²) < 4.78 is 4.45. The minimum atomic E-state index is -0.211. The second-order valence-electron chi connectivity index (χ2n) is 3.36. The Hall–Kier alpha value is -1.14. The lowest BCUT2D eigenvalue weighted by Gasteiger charge is -2.08. The summed E-state index contributed by atoms with van der Waals surface area (Å²) in [5.74, 6) is -0.211. The van der Waals surface area contributed by atoms with Crippen LogP contribution in [0, 0.1) is 6.92 Å². The first kappa shape index (κ1) is 11.9. The van der Waals surface area contributed by atoms with E-state index in [9.17, 15) is 4.79 Å². The number of hydrogen-bond donors (Lipinski definition) is 2. The van der Waals surface area contributed by atoms with Crippen molar-refractivity contribution in [1.29, 1.82) is 0 Å². The van der Waals surface area contributed by atoms with Gasteiger partial charge in [-0.2, -0.15) is 0 Å². The van der Waals surface area contributed by atoms with E-state index < -0.39 is 0 Å². The van der Waals surface area contributed by atoms with E-state index in [4.69, 9.17) is 0 Å². The zero-order valence-electron chi connectivity index (χ0n) is 8.32. The Balaban J connectivity index is 0.00000112. The average molecular weight is 233 g/mol. The number of halogens is 1. The molecule has 1 unspecified atom stereocenters. The van der Waals surface area contributed by atoms with Crippen LogP contribution < -0.4 is 10.6 Å². The highest BCUT2D eigenvalue weighted by atomic mass is 35.5. The number of nitrogens with one attached hydrogen (secondary N) is 2. The third-order valence-corrected chi connectivity index (χ3v) is 2.26. The molecule has 2 heterocycles. The predicted octanol–water partition coefficient (Wildman–Crippen LogP) is -0.108. The Bertz CT molecular complexity index is 335. The number of nitrogens with zero attached hydrogens (tertiary/aromatic N) is 2. The predicted molar refractivity (Wildman–Crippen MR) is 55.0 cm³/mol. The monoisotopic (exact) mass is 232 g/mol. The van der Waals surface area contributed by atoms with Gasteiger partial charge in [0.1, 0.15) is 5.69 Å². The van der Waals surface area contributed by atoms with Gasteiger partial charge in [0.05, 0.1) is 0 Å². The van der Waals surface area contributed by atoms with E-state index in [2.05, 4.69) is 25.6 Å². The van der Waals surface area contributed by atoms with Crippen molar-refractivity contribution < 1.29 is 9.42 Å². The molecular formula is C8H13ClN4O2. The quantitative estimate of drug-likeness (QED) is 0.744. The third-order valence-electron chi connectivity index (χ3n) is 2.26. The lowest BCUT2D eigenvalue weighted by Crippen LogP contribution is -2.36. The van der Waals surface area contributed by atoms with Crippen LogP contribution in [0.2, 0.25) is 0 Å². The first-order valence-electron chi connectivity index (χ1n) is 4.58. The number of carbonyl (C=O) groups is 1. The van der Waals surface area contributed by atoms with Gasteiger partial charge in [-0.25, -0.2) is 4.63 Å². The Morgan fingerprint density at radius 2 is 2.40 bits per heavy atom. The lowest BCUT2D eigenvalue weighted by molar-refractivity contribution is 0.0929. The summed E-state index contributed by atoms with van der Waals surface area (Å²) in [6, 6.07) is 0.193. The molecule has 1 fully saturated rings. The van der Waals surface area contributed by atoms with Crippen LogP contribution in [0.5, 0.6) is 0 Å². The van der Waals surface area contributed by atoms with Gasteiger partial charge in [-0.1, -0.05) is 5.16 Å². The SMILES string of the molecule is Cc1nonc1C(=O)NC1CCNC1.Cl. The van der Waals surface area contributed by atoms with Gasteiger partial charge in [-0.3, -0.25) is 4.79 Å². The molecule has 0 aliphatic carbocycles. The van der Waals surface area contributed by atoms with Crippen molar-refractivity contribution in [2.75, 3.05) is 13.1 Å². The van der Waals surface area contributed by atoms with Crippen LogP contribution in [0.3, 0.4) is 0 Å². The fourth-order valence-corrected chi connectivity index (χ4v) is 1.47. The first-order valence-corrected chi connectivity index (χ1v) is 4.58. The van der Waals surface area contributed by atoms with Crippen LogP contribution in [0.25, 0.3) is 0 Å². The van der Waals surface area contributed by atoms with Crippen molar-refractivity contribution in [2.24, 2.45) is 0 Å². The number of carbonyl (C=O) groups excluding carboxylic acids is 1. The summed E-state index contributed by atoms with van der Waals surface area (Å²) in [7, 11) is 0. The molecule has 84 valence electrons. The maximum absolute atomic E-state index is 11.6. The minimum absolute atomic E-state index is 0. The van der Waals surface area contributed by atoms with Gasteiger partial charge in [0.15, 0.2) is 5.69 Å². The Kier molecular flexibility index (Phi) is 4.05. The van der Waals surface area contributed by atoms with Crippen LogP contribution in [0.15, 0.2) is 4.63 Å². The summed E-state index contributed by atoms with van der Waals surface area (Å²) in [5, 5.41) is 13.1. The molecule has 1 atom stereocenters. The highest BCUT2D eigenvalue weighted by Crippen LogP contribution is 2.03. The number of aryl methyl sites for hydroxylation is 1. The highest BCUT2D eigenvalue weighted by Gasteiger charge is 2.21. The highest BCUT2D eigenvalue weighted by molar-refractivity contribution is 5.93. The maximum atomic E-state index is 11.6. The summed E-state index contributed by atoms with van der Waals surface area (Å²) >= 11 is 0.